The van der Waals surface area contributed by atoms with E-state index in [1.54, 1.807) is 38.1 Å². The molecule has 1 rings (SSSR count). The van der Waals surface area contributed by atoms with E-state index in [0.717, 1.165) is 0 Å². The number of phenols is 1. The predicted molar refractivity (Wildman–Crippen MR) is 65.8 cm³/mol. The summed E-state index contributed by atoms with van der Waals surface area (Å²) in [5.74, 6) is -0.205. The maximum Gasteiger partial charge on any atom is 0.330 e. The van der Waals surface area contributed by atoms with Gasteiger partial charge in [-0.15, -0.1) is 0 Å². The fourth-order valence-electron chi connectivity index (χ4n) is 1.74. The molecule has 17 heavy (non-hydrogen) atoms. The summed E-state index contributed by atoms with van der Waals surface area (Å²) >= 11 is 0. The molecule has 1 aromatic carbocycles. The van der Waals surface area contributed by atoms with Gasteiger partial charge in [-0.05, 0) is 38.1 Å². The quantitative estimate of drug-likeness (QED) is 0.766. The Morgan fingerprint density at radius 1 is 1.47 bits per heavy atom. The summed E-state index contributed by atoms with van der Waals surface area (Å²) in [5, 5.41) is 12.6. The largest absolute Gasteiger partial charge is 0.508 e. The van der Waals surface area contributed by atoms with Crippen LogP contribution in [0.3, 0.4) is 0 Å². The normalized spacial score (nSPS) is 14.1. The average Bonchev–Trinajstić information content (AvgIpc) is 2.29. The second kappa shape index (κ2) is 5.68. The monoisotopic (exact) mass is 237 g/mol. The molecule has 4 heteroatoms. The molecule has 1 unspecified atom stereocenters. The third-order valence-electron chi connectivity index (χ3n) is 2.64. The standard InChI is InChI=1S/C13H19NO3/c1-4-14-13(3,12(16)17-5-2)10-7-6-8-11(15)9-10/h6-9,14-15H,4-5H2,1-3H3. The molecule has 0 aliphatic heterocycles. The van der Waals surface area contributed by atoms with Crippen molar-refractivity contribution in [2.24, 2.45) is 0 Å². The molecule has 2 N–H and O–H groups in total. The molecule has 0 saturated carbocycles. The van der Waals surface area contributed by atoms with Crippen LogP contribution in [0.4, 0.5) is 0 Å². The summed E-state index contributed by atoms with van der Waals surface area (Å²) in [6, 6.07) is 6.64. The summed E-state index contributed by atoms with van der Waals surface area (Å²) in [5.41, 5.74) is -0.235. The molecule has 0 bridgehead atoms. The van der Waals surface area contributed by atoms with Gasteiger partial charge in [-0.25, -0.2) is 4.79 Å². The molecule has 0 aliphatic rings. The first-order valence-electron chi connectivity index (χ1n) is 5.76. The fourth-order valence-corrected chi connectivity index (χ4v) is 1.74. The highest BCUT2D eigenvalue weighted by Crippen LogP contribution is 2.25. The van der Waals surface area contributed by atoms with Crippen molar-refractivity contribution in [1.82, 2.24) is 5.32 Å². The minimum atomic E-state index is -0.927. The van der Waals surface area contributed by atoms with E-state index in [2.05, 4.69) is 5.32 Å². The van der Waals surface area contributed by atoms with Gasteiger partial charge in [0.05, 0.1) is 6.61 Å². The first-order chi connectivity index (χ1) is 8.04. The van der Waals surface area contributed by atoms with E-state index in [1.165, 1.54) is 0 Å². The van der Waals surface area contributed by atoms with Gasteiger partial charge in [-0.2, -0.15) is 0 Å². The first-order valence-corrected chi connectivity index (χ1v) is 5.76. The third kappa shape index (κ3) is 2.97. The van der Waals surface area contributed by atoms with Gasteiger partial charge in [0, 0.05) is 0 Å². The van der Waals surface area contributed by atoms with Gasteiger partial charge >= 0.3 is 5.97 Å². The summed E-state index contributed by atoms with van der Waals surface area (Å²) in [4.78, 5) is 12.0. The Kier molecular flexibility index (Phi) is 4.52. The summed E-state index contributed by atoms with van der Waals surface area (Å²) in [7, 11) is 0. The number of rotatable bonds is 5. The second-order valence-corrected chi connectivity index (χ2v) is 3.93. The molecule has 0 aromatic heterocycles. The van der Waals surface area contributed by atoms with Gasteiger partial charge in [0.15, 0.2) is 0 Å². The number of nitrogens with one attached hydrogen (secondary N) is 1. The van der Waals surface area contributed by atoms with Crippen LogP contribution in [-0.2, 0) is 15.1 Å². The Labute approximate surface area is 102 Å². The molecular weight excluding hydrogens is 218 g/mol. The SMILES string of the molecule is CCNC(C)(C(=O)OCC)c1cccc(O)c1. The zero-order valence-corrected chi connectivity index (χ0v) is 10.5. The number of hydrogen-bond donors (Lipinski definition) is 2. The number of benzene rings is 1. The van der Waals surface area contributed by atoms with E-state index in [0.29, 0.717) is 18.7 Å². The van der Waals surface area contributed by atoms with Crippen LogP contribution in [-0.4, -0.2) is 24.2 Å². The first kappa shape index (κ1) is 13.5. The van der Waals surface area contributed by atoms with Crippen LogP contribution in [0.1, 0.15) is 26.3 Å². The minimum absolute atomic E-state index is 0.135. The number of carbonyl (C=O) groups excluding carboxylic acids is 1. The molecule has 0 radical (unpaired) electrons. The number of carbonyl (C=O) groups is 1. The van der Waals surface area contributed by atoms with Crippen molar-refractivity contribution in [3.05, 3.63) is 29.8 Å². The Balaban J connectivity index is 3.10. The zero-order chi connectivity index (χ0) is 12.9. The van der Waals surface area contributed by atoms with Crippen LogP contribution in [0.15, 0.2) is 24.3 Å². The second-order valence-electron chi connectivity index (χ2n) is 3.93. The van der Waals surface area contributed by atoms with Crippen LogP contribution < -0.4 is 5.32 Å². The van der Waals surface area contributed by atoms with Crippen LogP contribution in [0.5, 0.6) is 5.75 Å². The fraction of sp³-hybridized carbons (Fsp3) is 0.462. The van der Waals surface area contributed by atoms with Gasteiger partial charge in [0.25, 0.3) is 0 Å². The van der Waals surface area contributed by atoms with Crippen molar-refractivity contribution in [3.8, 4) is 5.75 Å². The smallest absolute Gasteiger partial charge is 0.330 e. The molecule has 4 nitrogen and oxygen atoms in total. The molecule has 0 fully saturated rings. The van der Waals surface area contributed by atoms with Crippen molar-refractivity contribution < 1.29 is 14.6 Å². The molecule has 1 atom stereocenters. The summed E-state index contributed by atoms with van der Waals surface area (Å²) in [6.45, 7) is 6.40. The summed E-state index contributed by atoms with van der Waals surface area (Å²) in [6.07, 6.45) is 0. The lowest BCUT2D eigenvalue weighted by molar-refractivity contribution is -0.151. The predicted octanol–water partition coefficient (Wildman–Crippen LogP) is 1.78. The lowest BCUT2D eigenvalue weighted by Crippen LogP contribution is -2.47. The molecule has 0 amide bonds. The number of likely N-dealkylation sites (N-methyl/N-ethyl adjacent to an activating group) is 1. The highest BCUT2D eigenvalue weighted by atomic mass is 16.5. The maximum absolute atomic E-state index is 12.0. The zero-order valence-electron chi connectivity index (χ0n) is 10.5. The molecule has 1 aromatic rings. The molecule has 0 saturated heterocycles. The molecule has 0 heterocycles. The van der Waals surface area contributed by atoms with Crippen LogP contribution in [0, 0.1) is 0 Å². The van der Waals surface area contributed by atoms with E-state index in [9.17, 15) is 9.90 Å². The van der Waals surface area contributed by atoms with Crippen LogP contribution in [0.25, 0.3) is 0 Å². The van der Waals surface area contributed by atoms with Gasteiger partial charge in [0.1, 0.15) is 11.3 Å². The Morgan fingerprint density at radius 2 is 2.18 bits per heavy atom. The lowest BCUT2D eigenvalue weighted by atomic mass is 9.92. The Hall–Kier alpha value is -1.55. The molecular formula is C13H19NO3. The van der Waals surface area contributed by atoms with E-state index < -0.39 is 5.54 Å². The lowest BCUT2D eigenvalue weighted by Gasteiger charge is -2.28. The van der Waals surface area contributed by atoms with Crippen LogP contribution in [0.2, 0.25) is 0 Å². The minimum Gasteiger partial charge on any atom is -0.508 e. The Bertz CT molecular complexity index is 392. The van der Waals surface area contributed by atoms with Crippen molar-refractivity contribution in [2.45, 2.75) is 26.3 Å². The van der Waals surface area contributed by atoms with Crippen molar-refractivity contribution in [2.75, 3.05) is 13.2 Å². The van der Waals surface area contributed by atoms with Crippen LogP contribution >= 0.6 is 0 Å². The number of aromatic hydroxyl groups is 1. The third-order valence-corrected chi connectivity index (χ3v) is 2.64. The highest BCUT2D eigenvalue weighted by Gasteiger charge is 2.35. The summed E-state index contributed by atoms with van der Waals surface area (Å²) < 4.78 is 5.07. The maximum atomic E-state index is 12.0. The van der Waals surface area contributed by atoms with E-state index in [4.69, 9.17) is 4.74 Å². The molecule has 94 valence electrons. The average molecular weight is 237 g/mol. The number of hydrogen-bond acceptors (Lipinski definition) is 4. The number of phenolic OH excluding ortho intramolecular Hbond substituents is 1. The Morgan fingerprint density at radius 3 is 2.71 bits per heavy atom. The highest BCUT2D eigenvalue weighted by molar-refractivity contribution is 5.82. The van der Waals surface area contributed by atoms with Crippen molar-refractivity contribution >= 4 is 5.97 Å². The van der Waals surface area contributed by atoms with E-state index in [-0.39, 0.29) is 11.7 Å². The van der Waals surface area contributed by atoms with Crippen molar-refractivity contribution in [1.29, 1.82) is 0 Å². The van der Waals surface area contributed by atoms with E-state index >= 15 is 0 Å². The number of esters is 1. The van der Waals surface area contributed by atoms with Gasteiger partial charge in [-0.3, -0.25) is 5.32 Å². The van der Waals surface area contributed by atoms with Gasteiger partial charge in [-0.1, -0.05) is 19.1 Å². The number of ether oxygens (including phenoxy) is 1. The van der Waals surface area contributed by atoms with E-state index in [1.807, 2.05) is 6.92 Å². The van der Waals surface area contributed by atoms with Gasteiger partial charge in [0.2, 0.25) is 0 Å². The van der Waals surface area contributed by atoms with Crippen molar-refractivity contribution in [3.63, 3.8) is 0 Å². The van der Waals surface area contributed by atoms with Gasteiger partial charge < -0.3 is 9.84 Å². The molecule has 0 aliphatic carbocycles. The topological polar surface area (TPSA) is 58.6 Å². The molecule has 0 spiro atoms.